The van der Waals surface area contributed by atoms with Gasteiger partial charge in [0.15, 0.2) is 0 Å². The van der Waals surface area contributed by atoms with Gasteiger partial charge in [-0.05, 0) is 30.5 Å². The molecule has 30 heavy (non-hydrogen) atoms. The van der Waals surface area contributed by atoms with Gasteiger partial charge in [0.05, 0.1) is 30.2 Å². The summed E-state index contributed by atoms with van der Waals surface area (Å²) < 4.78 is 12.5. The second kappa shape index (κ2) is 8.74. The average molecular weight is 429 g/mol. The predicted molar refractivity (Wildman–Crippen MR) is 115 cm³/mol. The van der Waals surface area contributed by atoms with Gasteiger partial charge in [-0.2, -0.15) is 4.68 Å². The van der Waals surface area contributed by atoms with Crippen molar-refractivity contribution in [3.63, 3.8) is 0 Å². The first-order valence-corrected chi connectivity index (χ1v) is 10.8. The van der Waals surface area contributed by atoms with Crippen LogP contribution in [0.5, 0.6) is 5.75 Å². The number of nitrogens with zero attached hydrogens (tertiary/aromatic N) is 4. The van der Waals surface area contributed by atoms with Crippen LogP contribution in [-0.2, 0) is 11.3 Å². The smallest absolute Gasteiger partial charge is 0.437 e. The van der Waals surface area contributed by atoms with Gasteiger partial charge in [0.25, 0.3) is 5.89 Å². The van der Waals surface area contributed by atoms with Gasteiger partial charge < -0.3 is 19.0 Å². The van der Waals surface area contributed by atoms with Gasteiger partial charge in [-0.1, -0.05) is 18.2 Å². The van der Waals surface area contributed by atoms with E-state index in [0.717, 1.165) is 29.4 Å². The van der Waals surface area contributed by atoms with Crippen molar-refractivity contribution in [1.29, 1.82) is 0 Å². The third kappa shape index (κ3) is 4.25. The topological polar surface area (TPSA) is 80.8 Å². The molecule has 1 atom stereocenters. The first kappa shape index (κ1) is 20.2. The molecule has 1 aromatic carbocycles. The molecule has 0 bridgehead atoms. The molecule has 4 rings (SSSR count). The summed E-state index contributed by atoms with van der Waals surface area (Å²) >= 11 is 1.44. The number of thiophene rings is 1. The Balaban J connectivity index is 1.34. The SMILES string of the molecule is CCN1CC(CN(C)C(=O)CCn2nc(-c3cccs3)oc2=O)Oc2ccccc21. The lowest BCUT2D eigenvalue weighted by Gasteiger charge is -2.37. The lowest BCUT2D eigenvalue weighted by molar-refractivity contribution is -0.131. The van der Waals surface area contributed by atoms with Crippen molar-refractivity contribution >= 4 is 22.9 Å². The number of aryl methyl sites for hydroxylation is 1. The number of carbonyl (C=O) groups excluding carboxylic acids is 1. The number of hydrogen-bond acceptors (Lipinski definition) is 7. The average Bonchev–Trinajstić information content (AvgIpc) is 3.41. The van der Waals surface area contributed by atoms with E-state index in [9.17, 15) is 9.59 Å². The second-order valence-electron chi connectivity index (χ2n) is 7.14. The molecule has 0 saturated carbocycles. The van der Waals surface area contributed by atoms with E-state index in [4.69, 9.17) is 9.15 Å². The first-order valence-electron chi connectivity index (χ1n) is 9.91. The first-order chi connectivity index (χ1) is 14.5. The monoisotopic (exact) mass is 428 g/mol. The van der Waals surface area contributed by atoms with Crippen molar-refractivity contribution in [3.05, 3.63) is 52.3 Å². The lowest BCUT2D eigenvalue weighted by Crippen LogP contribution is -2.47. The van der Waals surface area contributed by atoms with Crippen LogP contribution in [0.15, 0.2) is 51.0 Å². The van der Waals surface area contributed by atoms with Crippen molar-refractivity contribution in [2.75, 3.05) is 31.6 Å². The third-order valence-corrected chi connectivity index (χ3v) is 5.94. The molecule has 3 heterocycles. The summed E-state index contributed by atoms with van der Waals surface area (Å²) in [7, 11) is 1.76. The van der Waals surface area contributed by atoms with E-state index >= 15 is 0 Å². The van der Waals surface area contributed by atoms with Gasteiger partial charge in [-0.3, -0.25) is 4.79 Å². The van der Waals surface area contributed by atoms with Crippen molar-refractivity contribution in [2.45, 2.75) is 26.0 Å². The summed E-state index contributed by atoms with van der Waals surface area (Å²) in [5, 5.41) is 6.08. The van der Waals surface area contributed by atoms with E-state index < -0.39 is 5.76 Å². The van der Waals surface area contributed by atoms with E-state index in [1.165, 1.54) is 16.0 Å². The molecule has 1 amide bonds. The molecule has 0 N–H and O–H groups in total. The van der Waals surface area contributed by atoms with Gasteiger partial charge >= 0.3 is 5.76 Å². The molecule has 0 fully saturated rings. The van der Waals surface area contributed by atoms with Gasteiger partial charge in [-0.15, -0.1) is 16.4 Å². The molecule has 0 spiro atoms. The van der Waals surface area contributed by atoms with Crippen molar-refractivity contribution in [2.24, 2.45) is 0 Å². The fourth-order valence-corrected chi connectivity index (χ4v) is 4.16. The molecule has 2 aromatic heterocycles. The molecule has 0 aliphatic carbocycles. The largest absolute Gasteiger partial charge is 0.485 e. The molecule has 1 aliphatic rings. The van der Waals surface area contributed by atoms with Crippen LogP contribution in [0.3, 0.4) is 0 Å². The van der Waals surface area contributed by atoms with Crippen LogP contribution in [0.4, 0.5) is 5.69 Å². The van der Waals surface area contributed by atoms with Gasteiger partial charge in [0, 0.05) is 20.0 Å². The van der Waals surface area contributed by atoms with E-state index in [1.54, 1.807) is 11.9 Å². The van der Waals surface area contributed by atoms with Crippen LogP contribution >= 0.6 is 11.3 Å². The van der Waals surface area contributed by atoms with E-state index in [0.29, 0.717) is 6.54 Å². The summed E-state index contributed by atoms with van der Waals surface area (Å²) in [5.41, 5.74) is 1.08. The summed E-state index contributed by atoms with van der Waals surface area (Å²) in [6.45, 7) is 4.34. The van der Waals surface area contributed by atoms with Gasteiger partial charge in [0.2, 0.25) is 5.91 Å². The maximum absolute atomic E-state index is 12.6. The maximum Gasteiger partial charge on any atom is 0.437 e. The van der Waals surface area contributed by atoms with Gasteiger partial charge in [0.1, 0.15) is 11.9 Å². The molecule has 1 unspecified atom stereocenters. The summed E-state index contributed by atoms with van der Waals surface area (Å²) in [4.78, 5) is 29.3. The fourth-order valence-electron chi connectivity index (χ4n) is 3.52. The molecule has 0 radical (unpaired) electrons. The number of ether oxygens (including phenoxy) is 1. The lowest BCUT2D eigenvalue weighted by atomic mass is 10.1. The zero-order chi connectivity index (χ0) is 21.1. The van der Waals surface area contributed by atoms with E-state index in [1.807, 2.05) is 41.8 Å². The molecule has 158 valence electrons. The van der Waals surface area contributed by atoms with E-state index in [-0.39, 0.29) is 30.9 Å². The number of fused-ring (bicyclic) bond motifs is 1. The van der Waals surface area contributed by atoms with Crippen molar-refractivity contribution in [1.82, 2.24) is 14.7 Å². The van der Waals surface area contributed by atoms with Crippen LogP contribution in [0.1, 0.15) is 13.3 Å². The van der Waals surface area contributed by atoms with Crippen LogP contribution in [0.2, 0.25) is 0 Å². The Bertz CT molecular complexity index is 1060. The Kier molecular flexibility index (Phi) is 5.89. The minimum Gasteiger partial charge on any atom is -0.485 e. The Hall–Kier alpha value is -3.07. The zero-order valence-electron chi connectivity index (χ0n) is 17.0. The number of rotatable bonds is 7. The third-order valence-electron chi connectivity index (χ3n) is 5.08. The molecule has 9 heteroatoms. The van der Waals surface area contributed by atoms with E-state index in [2.05, 4.69) is 16.9 Å². The number of anilines is 1. The quantitative estimate of drug-likeness (QED) is 0.576. The highest BCUT2D eigenvalue weighted by Crippen LogP contribution is 2.32. The molecular formula is C21H24N4O4S. The molecule has 3 aromatic rings. The highest BCUT2D eigenvalue weighted by molar-refractivity contribution is 7.13. The second-order valence-corrected chi connectivity index (χ2v) is 8.09. The fraction of sp³-hybridized carbons (Fsp3) is 0.381. The minimum absolute atomic E-state index is 0.0759. The Morgan fingerprint density at radius 1 is 1.30 bits per heavy atom. The molecular weight excluding hydrogens is 404 g/mol. The van der Waals surface area contributed by atoms with Crippen molar-refractivity contribution < 1.29 is 13.9 Å². The normalized spacial score (nSPS) is 15.5. The minimum atomic E-state index is -0.556. The van der Waals surface area contributed by atoms with Crippen LogP contribution in [-0.4, -0.2) is 53.4 Å². The Morgan fingerprint density at radius 2 is 2.13 bits per heavy atom. The van der Waals surface area contributed by atoms with Crippen molar-refractivity contribution in [3.8, 4) is 16.5 Å². The zero-order valence-corrected chi connectivity index (χ0v) is 17.8. The number of likely N-dealkylation sites (N-methyl/N-ethyl adjacent to an activating group) is 2. The molecule has 8 nitrogen and oxygen atoms in total. The highest BCUT2D eigenvalue weighted by Gasteiger charge is 2.26. The Morgan fingerprint density at radius 3 is 2.90 bits per heavy atom. The standard InChI is InChI=1S/C21H24N4O4S/c1-3-24-14-15(28-17-8-5-4-7-16(17)24)13-23(2)19(26)10-11-25-21(27)29-20(22-25)18-9-6-12-30-18/h4-9,12,15H,3,10-11,13-14H2,1-2H3. The number of hydrogen-bond donors (Lipinski definition) is 0. The summed E-state index contributed by atoms with van der Waals surface area (Å²) in [6, 6.07) is 11.6. The van der Waals surface area contributed by atoms with Crippen LogP contribution < -0.4 is 15.4 Å². The number of benzene rings is 1. The highest BCUT2D eigenvalue weighted by atomic mass is 32.1. The van der Waals surface area contributed by atoms with Gasteiger partial charge in [-0.25, -0.2) is 4.79 Å². The number of para-hydroxylation sites is 2. The van der Waals surface area contributed by atoms with Crippen LogP contribution in [0, 0.1) is 0 Å². The number of aromatic nitrogens is 2. The molecule has 1 aliphatic heterocycles. The summed E-state index contributed by atoms with van der Waals surface area (Å²) in [6.07, 6.45) is 0.0437. The van der Waals surface area contributed by atoms with Crippen LogP contribution in [0.25, 0.3) is 10.8 Å². The molecule has 0 saturated heterocycles. The number of amides is 1. The summed E-state index contributed by atoms with van der Waals surface area (Å²) in [5.74, 6) is 0.490. The predicted octanol–water partition coefficient (Wildman–Crippen LogP) is 2.70. The number of carbonyl (C=O) groups is 1. The Labute approximate surface area is 178 Å². The maximum atomic E-state index is 12.6.